The van der Waals surface area contributed by atoms with Gasteiger partial charge in [0, 0.05) is 5.69 Å². The molecule has 0 bridgehead atoms. The number of hydrogen-bond donors (Lipinski definition) is 0. The maximum atomic E-state index is 12.6. The maximum Gasteiger partial charge on any atom is 1.00 e. The molecule has 0 aliphatic carbocycles. The van der Waals surface area contributed by atoms with Gasteiger partial charge in [-0.2, -0.15) is 17.7 Å². The Balaban J connectivity index is 0.00000288. The molecule has 0 aliphatic rings. The molecule has 0 aromatic heterocycles. The minimum absolute atomic E-state index is 0. The van der Waals surface area contributed by atoms with Gasteiger partial charge in [-0.3, -0.25) is 0 Å². The van der Waals surface area contributed by atoms with Gasteiger partial charge in [-0.15, -0.1) is 12.1 Å². The fourth-order valence-corrected chi connectivity index (χ4v) is 1.97. The summed E-state index contributed by atoms with van der Waals surface area (Å²) in [7, 11) is 1.61. The van der Waals surface area contributed by atoms with E-state index in [1.807, 2.05) is 75.4 Å². The zero-order valence-corrected chi connectivity index (χ0v) is 14.9. The molecule has 0 saturated heterocycles. The van der Waals surface area contributed by atoms with E-state index in [0.717, 1.165) is 11.3 Å². The number of rotatable bonds is 4. The molecule has 0 N–H and O–H groups in total. The summed E-state index contributed by atoms with van der Waals surface area (Å²) in [5, 5.41) is 0. The molecule has 2 aromatic rings. The van der Waals surface area contributed by atoms with Crippen molar-refractivity contribution in [2.75, 3.05) is 12.0 Å². The summed E-state index contributed by atoms with van der Waals surface area (Å²) in [6.45, 7) is 7.30. The number of ether oxygens (including phenoxy) is 2. The van der Waals surface area contributed by atoms with E-state index in [-0.39, 0.29) is 18.9 Å². The van der Waals surface area contributed by atoms with E-state index in [0.29, 0.717) is 5.69 Å². The van der Waals surface area contributed by atoms with Crippen molar-refractivity contribution in [1.82, 2.24) is 0 Å². The molecule has 4 nitrogen and oxygen atoms in total. The van der Waals surface area contributed by atoms with Crippen LogP contribution < -0.4 is 28.5 Å². The Labute approximate surface area is 155 Å². The van der Waals surface area contributed by atoms with Gasteiger partial charge in [0.15, 0.2) is 0 Å². The van der Waals surface area contributed by atoms with Crippen molar-refractivity contribution in [3.63, 3.8) is 0 Å². The zero-order chi connectivity index (χ0) is 16.9. The molecule has 122 valence electrons. The number of carbonyl (C=O) groups is 1. The molecule has 2 rings (SSSR count). The average Bonchev–Trinajstić information content (AvgIpc) is 2.52. The second kappa shape index (κ2) is 8.72. The summed E-state index contributed by atoms with van der Waals surface area (Å²) in [6.07, 6.45) is -0.425. The standard InChI is InChI=1S/C19H22NO3.Li/c1-19(2,3)23-18(21)20(14-15-8-6-5-7-9-15)16-10-12-17(22-4)13-11-16;/h5-14H,1-4H3;/q-1;+1. The van der Waals surface area contributed by atoms with Crippen LogP contribution in [0.2, 0.25) is 0 Å². The predicted octanol–water partition coefficient (Wildman–Crippen LogP) is 1.65. The second-order valence-electron chi connectivity index (χ2n) is 6.09. The van der Waals surface area contributed by atoms with Gasteiger partial charge in [-0.05, 0) is 45.0 Å². The number of hydrogen-bond acceptors (Lipinski definition) is 3. The van der Waals surface area contributed by atoms with Gasteiger partial charge in [0.05, 0.1) is 7.11 Å². The van der Waals surface area contributed by atoms with Crippen LogP contribution in [0.1, 0.15) is 26.3 Å². The summed E-state index contributed by atoms with van der Waals surface area (Å²) in [5.41, 5.74) is 1.06. The van der Waals surface area contributed by atoms with Crippen molar-refractivity contribution in [3.8, 4) is 5.75 Å². The Morgan fingerprint density at radius 2 is 1.58 bits per heavy atom. The molecule has 0 heterocycles. The molecule has 0 saturated carbocycles. The second-order valence-corrected chi connectivity index (χ2v) is 6.09. The van der Waals surface area contributed by atoms with Gasteiger partial charge in [0.1, 0.15) is 11.4 Å². The average molecular weight is 319 g/mol. The summed E-state index contributed by atoms with van der Waals surface area (Å²) in [4.78, 5) is 14.1. The van der Waals surface area contributed by atoms with Crippen molar-refractivity contribution in [2.24, 2.45) is 0 Å². The first-order valence-corrected chi connectivity index (χ1v) is 7.45. The molecule has 2 aromatic carbocycles. The van der Waals surface area contributed by atoms with Crippen LogP contribution in [0.25, 0.3) is 0 Å². The fourth-order valence-electron chi connectivity index (χ4n) is 1.97. The van der Waals surface area contributed by atoms with Gasteiger partial charge >= 0.3 is 25.0 Å². The van der Waals surface area contributed by atoms with Gasteiger partial charge in [0.25, 0.3) is 0 Å². The van der Waals surface area contributed by atoms with Crippen molar-refractivity contribution < 1.29 is 33.1 Å². The van der Waals surface area contributed by atoms with Crippen molar-refractivity contribution in [2.45, 2.75) is 26.4 Å². The van der Waals surface area contributed by atoms with Crippen LogP contribution in [0.5, 0.6) is 5.75 Å². The third-order valence-corrected chi connectivity index (χ3v) is 3.02. The minimum Gasteiger partial charge on any atom is -0.497 e. The van der Waals surface area contributed by atoms with Crippen molar-refractivity contribution in [1.29, 1.82) is 0 Å². The van der Waals surface area contributed by atoms with E-state index in [1.54, 1.807) is 13.7 Å². The third kappa shape index (κ3) is 5.88. The molecule has 0 atom stereocenters. The van der Waals surface area contributed by atoms with E-state index >= 15 is 0 Å². The Morgan fingerprint density at radius 1 is 1.00 bits per heavy atom. The van der Waals surface area contributed by atoms with Crippen molar-refractivity contribution in [3.05, 3.63) is 66.7 Å². The summed E-state index contributed by atoms with van der Waals surface area (Å²) >= 11 is 0. The fraction of sp³-hybridized carbons (Fsp3) is 0.263. The third-order valence-electron chi connectivity index (χ3n) is 3.02. The quantitative estimate of drug-likeness (QED) is 0.635. The topological polar surface area (TPSA) is 38.8 Å². The predicted molar refractivity (Wildman–Crippen MR) is 91.6 cm³/mol. The molecule has 0 radical (unpaired) electrons. The molecule has 1 amide bonds. The van der Waals surface area contributed by atoms with E-state index < -0.39 is 11.7 Å². The normalized spacial score (nSPS) is 10.3. The number of nitrogens with zero attached hydrogens (tertiary/aromatic N) is 1. The Bertz CT molecular complexity index is 636. The zero-order valence-electron chi connectivity index (χ0n) is 14.9. The van der Waals surface area contributed by atoms with Crippen LogP contribution >= 0.6 is 0 Å². The Kier molecular flexibility index (Phi) is 7.28. The molecular formula is C19H22LiNO3. The van der Waals surface area contributed by atoms with E-state index in [2.05, 4.69) is 0 Å². The first-order chi connectivity index (χ1) is 10.9. The molecule has 0 spiro atoms. The van der Waals surface area contributed by atoms with Gasteiger partial charge in [-0.25, -0.2) is 4.79 Å². The van der Waals surface area contributed by atoms with Gasteiger partial charge < -0.3 is 14.4 Å². The molecule has 5 heteroatoms. The van der Waals surface area contributed by atoms with E-state index in [9.17, 15) is 4.79 Å². The Morgan fingerprint density at radius 3 is 2.08 bits per heavy atom. The number of anilines is 1. The number of carbonyl (C=O) groups excluding carboxylic acids is 1. The van der Waals surface area contributed by atoms with Crippen LogP contribution in [0, 0.1) is 6.54 Å². The largest absolute Gasteiger partial charge is 1.00 e. The summed E-state index contributed by atoms with van der Waals surface area (Å²) in [5.74, 6) is 0.734. The number of methoxy groups -OCH3 is 1. The monoisotopic (exact) mass is 319 g/mol. The summed E-state index contributed by atoms with van der Waals surface area (Å²) < 4.78 is 10.7. The molecule has 0 unspecified atom stereocenters. The van der Waals surface area contributed by atoms with Crippen molar-refractivity contribution >= 4 is 11.8 Å². The minimum atomic E-state index is -0.563. The van der Waals surface area contributed by atoms with Crippen LogP contribution in [0.4, 0.5) is 10.5 Å². The van der Waals surface area contributed by atoms with Crippen LogP contribution in [-0.4, -0.2) is 18.8 Å². The molecular weight excluding hydrogens is 297 g/mol. The number of benzene rings is 2. The van der Waals surface area contributed by atoms with Crippen LogP contribution in [0.15, 0.2) is 54.6 Å². The van der Waals surface area contributed by atoms with Gasteiger partial charge in [-0.1, -0.05) is 12.6 Å². The van der Waals surface area contributed by atoms with Crippen LogP contribution in [-0.2, 0) is 4.74 Å². The summed E-state index contributed by atoms with van der Waals surface area (Å²) in [6, 6.07) is 16.9. The smallest absolute Gasteiger partial charge is 0.497 e. The first kappa shape index (κ1) is 20.0. The maximum absolute atomic E-state index is 12.6. The number of amides is 1. The molecule has 24 heavy (non-hydrogen) atoms. The SMILES string of the molecule is COc1ccc(N([CH-]c2ccccc2)C(=O)OC(C)(C)C)cc1.[Li+]. The van der Waals surface area contributed by atoms with E-state index in [1.165, 1.54) is 4.90 Å². The van der Waals surface area contributed by atoms with Crippen LogP contribution in [0.3, 0.4) is 0 Å². The molecule has 0 aliphatic heterocycles. The van der Waals surface area contributed by atoms with Gasteiger partial charge in [0.2, 0.25) is 0 Å². The molecule has 0 fully saturated rings. The Hall–Kier alpha value is -2.02. The van der Waals surface area contributed by atoms with E-state index in [4.69, 9.17) is 9.47 Å². The first-order valence-electron chi connectivity index (χ1n) is 7.45.